The first-order chi connectivity index (χ1) is 10.0. The van der Waals surface area contributed by atoms with Crippen LogP contribution in [0.3, 0.4) is 0 Å². The zero-order chi connectivity index (χ0) is 15.4. The van der Waals surface area contributed by atoms with E-state index in [1.54, 1.807) is 12.1 Å². The number of nitrogens with zero attached hydrogens (tertiary/aromatic N) is 2. The number of aliphatic hydroxyl groups is 1. The number of nitrogens with one attached hydrogen (secondary N) is 1. The molecule has 2 unspecified atom stereocenters. The molecule has 1 aliphatic rings. The minimum atomic E-state index is -0.369. The number of piperidine rings is 1. The predicted octanol–water partition coefficient (Wildman–Crippen LogP) is 2.23. The SMILES string of the molecule is CCNc1ccc([N+](=O)[O-])cc1CN1CCC(C)C(O)C1. The summed E-state index contributed by atoms with van der Waals surface area (Å²) in [6.07, 6.45) is 0.632. The zero-order valence-electron chi connectivity index (χ0n) is 12.6. The first-order valence-electron chi connectivity index (χ1n) is 7.43. The Labute approximate surface area is 124 Å². The maximum Gasteiger partial charge on any atom is 0.269 e. The van der Waals surface area contributed by atoms with E-state index in [9.17, 15) is 15.2 Å². The van der Waals surface area contributed by atoms with Gasteiger partial charge in [-0.2, -0.15) is 0 Å². The van der Waals surface area contributed by atoms with Gasteiger partial charge in [0.2, 0.25) is 0 Å². The highest BCUT2D eigenvalue weighted by atomic mass is 16.6. The van der Waals surface area contributed by atoms with Gasteiger partial charge in [0.25, 0.3) is 5.69 Å². The number of nitro groups is 1. The van der Waals surface area contributed by atoms with Crippen molar-refractivity contribution in [3.63, 3.8) is 0 Å². The molecule has 2 N–H and O–H groups in total. The number of rotatable bonds is 5. The van der Waals surface area contributed by atoms with E-state index in [0.717, 1.165) is 30.8 Å². The van der Waals surface area contributed by atoms with Crippen molar-refractivity contribution < 1.29 is 10.0 Å². The Balaban J connectivity index is 2.16. The molecule has 6 heteroatoms. The van der Waals surface area contributed by atoms with Crippen molar-refractivity contribution in [1.29, 1.82) is 0 Å². The number of hydrogen-bond donors (Lipinski definition) is 2. The lowest BCUT2D eigenvalue weighted by Gasteiger charge is -2.34. The third kappa shape index (κ3) is 3.92. The van der Waals surface area contributed by atoms with Gasteiger partial charge in [0.1, 0.15) is 0 Å². The summed E-state index contributed by atoms with van der Waals surface area (Å²) in [7, 11) is 0. The van der Waals surface area contributed by atoms with Crippen molar-refractivity contribution in [2.45, 2.75) is 32.9 Å². The predicted molar refractivity (Wildman–Crippen MR) is 82.3 cm³/mol. The Kier molecular flexibility index (Phi) is 5.14. The molecule has 2 atom stereocenters. The lowest BCUT2D eigenvalue weighted by Crippen LogP contribution is -2.42. The zero-order valence-corrected chi connectivity index (χ0v) is 12.6. The van der Waals surface area contributed by atoms with Gasteiger partial charge in [0.15, 0.2) is 0 Å². The molecule has 116 valence electrons. The Bertz CT molecular complexity index is 507. The molecule has 0 amide bonds. The van der Waals surface area contributed by atoms with Crippen molar-refractivity contribution in [1.82, 2.24) is 4.90 Å². The van der Waals surface area contributed by atoms with Gasteiger partial charge in [-0.05, 0) is 37.4 Å². The lowest BCUT2D eigenvalue weighted by atomic mass is 9.95. The first kappa shape index (κ1) is 15.7. The molecule has 2 rings (SSSR count). The van der Waals surface area contributed by atoms with Gasteiger partial charge in [-0.3, -0.25) is 15.0 Å². The van der Waals surface area contributed by atoms with Gasteiger partial charge in [-0.25, -0.2) is 0 Å². The summed E-state index contributed by atoms with van der Waals surface area (Å²) in [4.78, 5) is 12.7. The van der Waals surface area contributed by atoms with E-state index in [4.69, 9.17) is 0 Å². The molecule has 1 aromatic carbocycles. The average Bonchev–Trinajstić information content (AvgIpc) is 2.45. The van der Waals surface area contributed by atoms with E-state index >= 15 is 0 Å². The van der Waals surface area contributed by atoms with Gasteiger partial charge < -0.3 is 10.4 Å². The van der Waals surface area contributed by atoms with Crippen LogP contribution < -0.4 is 5.32 Å². The second kappa shape index (κ2) is 6.87. The first-order valence-corrected chi connectivity index (χ1v) is 7.43. The monoisotopic (exact) mass is 293 g/mol. The van der Waals surface area contributed by atoms with Crippen LogP contribution in [0.2, 0.25) is 0 Å². The van der Waals surface area contributed by atoms with Crippen molar-refractivity contribution >= 4 is 11.4 Å². The summed E-state index contributed by atoms with van der Waals surface area (Å²) in [5.41, 5.74) is 1.95. The van der Waals surface area contributed by atoms with Crippen LogP contribution in [0, 0.1) is 16.0 Å². The fraction of sp³-hybridized carbons (Fsp3) is 0.600. The highest BCUT2D eigenvalue weighted by molar-refractivity contribution is 5.56. The summed E-state index contributed by atoms with van der Waals surface area (Å²) in [6, 6.07) is 4.91. The van der Waals surface area contributed by atoms with E-state index in [1.807, 2.05) is 6.92 Å². The van der Waals surface area contributed by atoms with E-state index < -0.39 is 0 Å². The number of nitro benzene ring substituents is 1. The summed E-state index contributed by atoms with van der Waals surface area (Å²) >= 11 is 0. The fourth-order valence-corrected chi connectivity index (χ4v) is 2.69. The number of benzene rings is 1. The molecule has 1 fully saturated rings. The van der Waals surface area contributed by atoms with Crippen LogP contribution in [-0.4, -0.2) is 40.7 Å². The van der Waals surface area contributed by atoms with E-state index in [0.29, 0.717) is 19.0 Å². The van der Waals surface area contributed by atoms with E-state index in [1.165, 1.54) is 6.07 Å². The molecular weight excluding hydrogens is 270 g/mol. The third-order valence-electron chi connectivity index (χ3n) is 4.06. The molecule has 1 aromatic rings. The largest absolute Gasteiger partial charge is 0.392 e. The minimum absolute atomic E-state index is 0.109. The molecule has 0 spiro atoms. The van der Waals surface area contributed by atoms with Gasteiger partial charge >= 0.3 is 0 Å². The van der Waals surface area contributed by atoms with Crippen LogP contribution in [0.15, 0.2) is 18.2 Å². The Morgan fingerprint density at radius 1 is 1.52 bits per heavy atom. The molecule has 0 saturated carbocycles. The van der Waals surface area contributed by atoms with E-state index in [-0.39, 0.29) is 16.7 Å². The van der Waals surface area contributed by atoms with Crippen LogP contribution in [0.1, 0.15) is 25.8 Å². The number of β-amino-alcohol motifs (C(OH)–C–C–N with tert-alkyl or cyclic N) is 1. The molecular formula is C15H23N3O3. The molecule has 0 radical (unpaired) electrons. The second-order valence-corrected chi connectivity index (χ2v) is 5.70. The van der Waals surface area contributed by atoms with Gasteiger partial charge in [-0.1, -0.05) is 6.92 Å². The van der Waals surface area contributed by atoms with E-state index in [2.05, 4.69) is 17.1 Å². The molecule has 0 aromatic heterocycles. The minimum Gasteiger partial charge on any atom is -0.392 e. The molecule has 1 saturated heterocycles. The number of likely N-dealkylation sites (tertiary alicyclic amines) is 1. The van der Waals surface area contributed by atoms with Crippen molar-refractivity contribution in [3.05, 3.63) is 33.9 Å². The quantitative estimate of drug-likeness (QED) is 0.643. The maximum atomic E-state index is 10.9. The standard InChI is InChI=1S/C15H23N3O3/c1-3-16-14-5-4-13(18(20)21)8-12(14)9-17-7-6-11(2)15(19)10-17/h4-5,8,11,15-16,19H,3,6-7,9-10H2,1-2H3. The van der Waals surface area contributed by atoms with Crippen LogP contribution in [0.25, 0.3) is 0 Å². The number of anilines is 1. The van der Waals surface area contributed by atoms with Crippen molar-refractivity contribution in [3.8, 4) is 0 Å². The fourth-order valence-electron chi connectivity index (χ4n) is 2.69. The topological polar surface area (TPSA) is 78.6 Å². The molecule has 1 aliphatic heterocycles. The van der Waals surface area contributed by atoms with Crippen LogP contribution in [0.4, 0.5) is 11.4 Å². The maximum absolute atomic E-state index is 10.9. The van der Waals surface area contributed by atoms with Gasteiger partial charge in [0, 0.05) is 37.5 Å². The summed E-state index contributed by atoms with van der Waals surface area (Å²) in [5.74, 6) is 0.319. The Hall–Kier alpha value is -1.66. The Morgan fingerprint density at radius 2 is 2.29 bits per heavy atom. The summed E-state index contributed by atoms with van der Waals surface area (Å²) in [6.45, 7) is 6.97. The van der Waals surface area contributed by atoms with Crippen molar-refractivity contribution in [2.75, 3.05) is 25.0 Å². The number of aliphatic hydroxyl groups excluding tert-OH is 1. The second-order valence-electron chi connectivity index (χ2n) is 5.70. The van der Waals surface area contributed by atoms with Gasteiger partial charge in [0.05, 0.1) is 11.0 Å². The lowest BCUT2D eigenvalue weighted by molar-refractivity contribution is -0.384. The van der Waals surface area contributed by atoms with Crippen LogP contribution in [-0.2, 0) is 6.54 Å². The molecule has 0 aliphatic carbocycles. The smallest absolute Gasteiger partial charge is 0.269 e. The number of non-ortho nitro benzene ring substituents is 1. The average molecular weight is 293 g/mol. The number of hydrogen-bond acceptors (Lipinski definition) is 5. The van der Waals surface area contributed by atoms with Crippen molar-refractivity contribution in [2.24, 2.45) is 5.92 Å². The third-order valence-corrected chi connectivity index (χ3v) is 4.06. The molecule has 0 bridgehead atoms. The summed E-state index contributed by atoms with van der Waals surface area (Å²) in [5, 5.41) is 24.2. The van der Waals surface area contributed by atoms with Gasteiger partial charge in [-0.15, -0.1) is 0 Å². The molecule has 21 heavy (non-hydrogen) atoms. The molecule has 1 heterocycles. The Morgan fingerprint density at radius 3 is 2.90 bits per heavy atom. The summed E-state index contributed by atoms with van der Waals surface area (Å²) < 4.78 is 0. The van der Waals surface area contributed by atoms with Crippen LogP contribution in [0.5, 0.6) is 0 Å². The highest BCUT2D eigenvalue weighted by Gasteiger charge is 2.25. The molecule has 6 nitrogen and oxygen atoms in total. The van der Waals surface area contributed by atoms with Crippen LogP contribution >= 0.6 is 0 Å². The normalized spacial score (nSPS) is 23.0. The highest BCUT2D eigenvalue weighted by Crippen LogP contribution is 2.26.